The average Bonchev–Trinajstić information content (AvgIpc) is 2.64. The maximum Gasteiger partial charge on any atom is 0.326 e. The van der Waals surface area contributed by atoms with Gasteiger partial charge in [-0.3, -0.25) is 62.3 Å². The van der Waals surface area contributed by atoms with E-state index in [0.29, 0.717) is 19.3 Å². The highest BCUT2D eigenvalue weighted by Crippen LogP contribution is 2.20. The number of nitrogens with one attached hydrogen (secondary N) is 9. The van der Waals surface area contributed by atoms with Crippen molar-refractivity contribution in [2.75, 3.05) is 32.8 Å². The van der Waals surface area contributed by atoms with Crippen LogP contribution in [0.4, 0.5) is 0 Å². The first-order valence-corrected chi connectivity index (χ1v) is 30.4. The van der Waals surface area contributed by atoms with E-state index in [0.717, 1.165) is 30.6 Å². The Hall–Kier alpha value is -7.50. The maximum atomic E-state index is 14.0. The number of likely N-dealkylation sites (tertiary alicyclic amines) is 1. The number of carboxylic acids is 2. The van der Waals surface area contributed by atoms with Crippen LogP contribution in [0.15, 0.2) is 0 Å². The molecule has 0 unspecified atom stereocenters. The Morgan fingerprint density at radius 2 is 1.00 bits per heavy atom. The monoisotopic (exact) mass is 1240 g/mol. The van der Waals surface area contributed by atoms with Gasteiger partial charge in [-0.2, -0.15) is 0 Å². The average molecular weight is 1240 g/mol. The number of aliphatic hydroxyl groups is 1. The third kappa shape index (κ3) is 32.7. The Morgan fingerprint density at radius 3 is 1.53 bits per heavy atom. The van der Waals surface area contributed by atoms with Crippen LogP contribution < -0.4 is 65.1 Å². The topological polar surface area (TPSA) is 489 Å². The van der Waals surface area contributed by atoms with E-state index in [9.17, 15) is 82.4 Å². The Balaban J connectivity index is 3.09. The fourth-order valence-electron chi connectivity index (χ4n) is 9.50. The first kappa shape index (κ1) is 77.5. The molecule has 30 heteroatoms. The number of carboxylic acid groups (broad SMARTS) is 2. The van der Waals surface area contributed by atoms with E-state index in [1.54, 1.807) is 13.8 Å². The summed E-state index contributed by atoms with van der Waals surface area (Å²) in [5.74, 6) is -14.4. The second-order valence-corrected chi connectivity index (χ2v) is 22.7. The fraction of sp³-hybridized carbons (Fsp3) is 0.754. The Bertz CT molecular complexity index is 2290. The number of hydrogen-bond acceptors (Lipinski definition) is 16. The van der Waals surface area contributed by atoms with Crippen LogP contribution in [-0.2, 0) is 67.1 Å². The molecule has 1 heterocycles. The SMILES string of the molecule is CCCCCCCCCCCCCC(=O)NCC(=O)N[C@@H](CC(N)=O)C(=O)N[C@@H](CC(C)C)C(=O)N[C@@H](CCCCN)C(=O)N[C@@H](CO)C(=O)N[C@H](C(=O)NCC(=O)N[C@@H](CCC(N)=O)C(=O)N[C@@H](CCC(=O)O)C(=O)N1CCC[C@H]1C(=O)O)C(C)C. The molecule has 494 valence electrons. The van der Waals surface area contributed by atoms with Gasteiger partial charge in [0.2, 0.25) is 70.9 Å². The summed E-state index contributed by atoms with van der Waals surface area (Å²) in [4.78, 5) is 183. The smallest absolute Gasteiger partial charge is 0.326 e. The summed E-state index contributed by atoms with van der Waals surface area (Å²) in [5.41, 5.74) is 16.4. The van der Waals surface area contributed by atoms with E-state index in [4.69, 9.17) is 17.2 Å². The van der Waals surface area contributed by atoms with Gasteiger partial charge < -0.3 is 85.3 Å². The number of amides is 12. The summed E-state index contributed by atoms with van der Waals surface area (Å²) in [6, 6.07) is -11.9. The van der Waals surface area contributed by atoms with E-state index in [1.807, 2.05) is 0 Å². The van der Waals surface area contributed by atoms with Gasteiger partial charge in [0.05, 0.1) is 26.1 Å². The lowest BCUT2D eigenvalue weighted by Gasteiger charge is -2.28. The zero-order chi connectivity index (χ0) is 65.6. The third-order valence-electron chi connectivity index (χ3n) is 14.3. The van der Waals surface area contributed by atoms with E-state index in [2.05, 4.69) is 54.8 Å². The molecule has 8 atom stereocenters. The number of nitrogens with zero attached hydrogens (tertiary/aromatic N) is 1. The van der Waals surface area contributed by atoms with Crippen molar-refractivity contribution in [2.45, 2.75) is 231 Å². The Morgan fingerprint density at radius 1 is 0.506 bits per heavy atom. The summed E-state index contributed by atoms with van der Waals surface area (Å²) < 4.78 is 0. The largest absolute Gasteiger partial charge is 0.481 e. The number of aliphatic carboxylic acids is 2. The molecular weight excluding hydrogens is 1140 g/mol. The van der Waals surface area contributed by atoms with Crippen molar-refractivity contribution >= 4 is 82.8 Å². The molecule has 0 bridgehead atoms. The van der Waals surface area contributed by atoms with Gasteiger partial charge in [0.1, 0.15) is 48.3 Å². The number of aliphatic hydroxyl groups excluding tert-OH is 1. The van der Waals surface area contributed by atoms with Crippen LogP contribution in [0, 0.1) is 11.8 Å². The van der Waals surface area contributed by atoms with Crippen LogP contribution in [0.5, 0.6) is 0 Å². The molecule has 0 spiro atoms. The first-order valence-electron chi connectivity index (χ1n) is 30.4. The molecular formula is C57H99N13O17. The van der Waals surface area contributed by atoms with Crippen molar-refractivity contribution in [1.29, 1.82) is 0 Å². The minimum Gasteiger partial charge on any atom is -0.481 e. The van der Waals surface area contributed by atoms with Crippen LogP contribution in [0.1, 0.15) is 182 Å². The molecule has 0 aromatic rings. The fourth-order valence-corrected chi connectivity index (χ4v) is 9.50. The molecule has 1 fully saturated rings. The van der Waals surface area contributed by atoms with Gasteiger partial charge in [0, 0.05) is 25.8 Å². The molecule has 87 heavy (non-hydrogen) atoms. The molecule has 0 aromatic carbocycles. The molecule has 0 aromatic heterocycles. The number of carbonyl (C=O) groups is 14. The van der Waals surface area contributed by atoms with Crippen molar-refractivity contribution < 1.29 is 82.4 Å². The molecule has 30 nitrogen and oxygen atoms in total. The van der Waals surface area contributed by atoms with Crippen molar-refractivity contribution in [2.24, 2.45) is 29.0 Å². The third-order valence-corrected chi connectivity index (χ3v) is 14.3. The van der Waals surface area contributed by atoms with Gasteiger partial charge in [-0.1, -0.05) is 98.8 Å². The van der Waals surface area contributed by atoms with Crippen molar-refractivity contribution in [1.82, 2.24) is 52.8 Å². The summed E-state index contributed by atoms with van der Waals surface area (Å²) in [6.07, 6.45) is 10.7. The zero-order valence-electron chi connectivity index (χ0n) is 51.3. The molecule has 18 N–H and O–H groups in total. The normalized spacial score (nSPS) is 15.3. The van der Waals surface area contributed by atoms with Crippen LogP contribution in [0.3, 0.4) is 0 Å². The van der Waals surface area contributed by atoms with Crippen LogP contribution in [0.25, 0.3) is 0 Å². The highest BCUT2D eigenvalue weighted by molar-refractivity contribution is 5.99. The second-order valence-electron chi connectivity index (χ2n) is 22.7. The van der Waals surface area contributed by atoms with Crippen LogP contribution >= 0.6 is 0 Å². The van der Waals surface area contributed by atoms with Crippen molar-refractivity contribution in [3.63, 3.8) is 0 Å². The van der Waals surface area contributed by atoms with E-state index >= 15 is 0 Å². The highest BCUT2D eigenvalue weighted by atomic mass is 16.4. The Labute approximate surface area is 509 Å². The van der Waals surface area contributed by atoms with Crippen molar-refractivity contribution in [3.8, 4) is 0 Å². The summed E-state index contributed by atoms with van der Waals surface area (Å²) in [7, 11) is 0. The molecule has 0 aliphatic carbocycles. The van der Waals surface area contributed by atoms with E-state index in [-0.39, 0.29) is 57.0 Å². The molecule has 1 rings (SSSR count). The standard InChI is InChI=1S/C57H99N13O17/c1-6-7-8-9-10-11-12-13-14-15-16-22-45(74)61-31-46(75)64-40(30-44(60)73)53(82)67-39(29-34(2)3)52(81)65-36(20-17-18-27-58)50(79)68-41(33-71)54(83)69-49(35(4)5)55(84)62-32-47(76)63-37(23-25-43(59)72)51(80)66-38(24-26-48(77)78)56(85)70-28-19-21-42(70)57(86)87/h34-42,49,71H,6-33,58H2,1-5H3,(H2,59,72)(H2,60,73)(H,61,74)(H,62,84)(H,63,76)(H,64,75)(H,65,81)(H,66,80)(H,67,82)(H,68,79)(H,69,83)(H,77,78)(H,86,87)/t36-,37-,38-,39-,40-,41-,42-,49-/m0/s1. The van der Waals surface area contributed by atoms with Gasteiger partial charge in [0.25, 0.3) is 0 Å². The number of rotatable bonds is 47. The molecule has 12 amide bonds. The van der Waals surface area contributed by atoms with Gasteiger partial charge >= 0.3 is 11.9 Å². The number of unbranched alkanes of at least 4 members (excludes halogenated alkanes) is 11. The number of primary amides is 2. The first-order chi connectivity index (χ1) is 41.1. The van der Waals surface area contributed by atoms with Gasteiger partial charge in [-0.05, 0) is 76.2 Å². The molecule has 0 saturated carbocycles. The second kappa shape index (κ2) is 43.2. The molecule has 1 aliphatic heterocycles. The zero-order valence-corrected chi connectivity index (χ0v) is 51.3. The lowest BCUT2D eigenvalue weighted by molar-refractivity contribution is -0.150. The lowest BCUT2D eigenvalue weighted by atomic mass is 10.0. The van der Waals surface area contributed by atoms with Gasteiger partial charge in [0.15, 0.2) is 0 Å². The summed E-state index contributed by atoms with van der Waals surface area (Å²) in [6.45, 7) is 6.55. The highest BCUT2D eigenvalue weighted by Gasteiger charge is 2.39. The number of nitrogens with two attached hydrogens (primary N) is 3. The van der Waals surface area contributed by atoms with Crippen LogP contribution in [-0.4, -0.2) is 184 Å². The summed E-state index contributed by atoms with van der Waals surface area (Å²) in [5, 5.41) is 51.0. The minimum atomic E-state index is -1.74. The summed E-state index contributed by atoms with van der Waals surface area (Å²) >= 11 is 0. The van der Waals surface area contributed by atoms with E-state index in [1.165, 1.54) is 52.4 Å². The maximum absolute atomic E-state index is 14.0. The van der Waals surface area contributed by atoms with Gasteiger partial charge in [-0.15, -0.1) is 0 Å². The molecule has 1 aliphatic rings. The number of carbonyl (C=O) groups excluding carboxylic acids is 12. The quantitative estimate of drug-likeness (QED) is 0.0300. The lowest BCUT2D eigenvalue weighted by Crippen LogP contribution is -2.60. The minimum absolute atomic E-state index is 0.0100. The van der Waals surface area contributed by atoms with E-state index < -0.39 is 183 Å². The predicted octanol–water partition coefficient (Wildman–Crippen LogP) is -1.78. The van der Waals surface area contributed by atoms with Crippen LogP contribution in [0.2, 0.25) is 0 Å². The molecule has 0 radical (unpaired) electrons. The van der Waals surface area contributed by atoms with Crippen molar-refractivity contribution in [3.05, 3.63) is 0 Å². The number of hydrogen-bond donors (Lipinski definition) is 15. The predicted molar refractivity (Wildman–Crippen MR) is 316 cm³/mol. The van der Waals surface area contributed by atoms with Gasteiger partial charge in [-0.25, -0.2) is 4.79 Å². The Kier molecular flexibility index (Phi) is 38.5. The molecule has 1 saturated heterocycles.